The van der Waals surface area contributed by atoms with Gasteiger partial charge in [-0.1, -0.05) is 6.07 Å². The minimum Gasteiger partial charge on any atom is -0.455 e. The van der Waals surface area contributed by atoms with Gasteiger partial charge in [-0.25, -0.2) is 8.96 Å². The maximum Gasteiger partial charge on any atom is 0.216 e. The third kappa shape index (κ3) is 2.12. The van der Waals surface area contributed by atoms with Crippen molar-refractivity contribution in [3.8, 4) is 11.3 Å². The average molecular weight is 320 g/mol. The molecule has 2 heterocycles. The molecule has 2 aromatic heterocycles. The first kappa shape index (κ1) is 14.9. The Balaban J connectivity index is 2.17. The van der Waals surface area contributed by atoms with Crippen LogP contribution in [-0.4, -0.2) is 0 Å². The number of fused-ring (bicyclic) bond motifs is 3. The first-order valence-corrected chi connectivity index (χ1v) is 8.04. The second kappa shape index (κ2) is 5.17. The smallest absolute Gasteiger partial charge is 0.216 e. The van der Waals surface area contributed by atoms with Gasteiger partial charge in [-0.05, 0) is 50.1 Å². The van der Waals surface area contributed by atoms with Crippen LogP contribution in [0.25, 0.3) is 33.2 Å². The van der Waals surface area contributed by atoms with Gasteiger partial charge in [0, 0.05) is 28.5 Å². The zero-order valence-corrected chi connectivity index (χ0v) is 14.3. The number of aromatic nitrogens is 1. The van der Waals surface area contributed by atoms with Crippen molar-refractivity contribution in [1.29, 1.82) is 0 Å². The van der Waals surface area contributed by atoms with E-state index < -0.39 is 0 Å². The monoisotopic (exact) mass is 320 g/mol. The SMILES string of the molecule is Cc1ccc(-c2c(C)cc(C)c3c2oc2cc(F)ccc23)[n+](C)c1. The molecule has 0 radical (unpaired) electrons. The molecule has 2 nitrogen and oxygen atoms in total. The van der Waals surface area contributed by atoms with E-state index in [0.29, 0.717) is 5.58 Å². The van der Waals surface area contributed by atoms with Gasteiger partial charge in [-0.2, -0.15) is 0 Å². The summed E-state index contributed by atoms with van der Waals surface area (Å²) in [4.78, 5) is 0. The van der Waals surface area contributed by atoms with Crippen LogP contribution in [0.4, 0.5) is 4.39 Å². The minimum atomic E-state index is -0.279. The van der Waals surface area contributed by atoms with Crippen molar-refractivity contribution in [2.24, 2.45) is 7.05 Å². The Morgan fingerprint density at radius 3 is 2.50 bits per heavy atom. The lowest BCUT2D eigenvalue weighted by Crippen LogP contribution is -2.31. The number of furan rings is 1. The Hall–Kier alpha value is -2.68. The summed E-state index contributed by atoms with van der Waals surface area (Å²) in [5.74, 6) is -0.279. The lowest BCUT2D eigenvalue weighted by molar-refractivity contribution is -0.660. The van der Waals surface area contributed by atoms with Crippen LogP contribution in [0.5, 0.6) is 0 Å². The molecule has 4 rings (SSSR count). The maximum absolute atomic E-state index is 13.6. The van der Waals surface area contributed by atoms with E-state index in [1.54, 1.807) is 6.07 Å². The second-order valence-electron chi connectivity index (χ2n) is 6.53. The van der Waals surface area contributed by atoms with E-state index in [-0.39, 0.29) is 5.82 Å². The molecular formula is C21H19FNO+. The molecule has 0 bridgehead atoms. The van der Waals surface area contributed by atoms with Crippen LogP contribution < -0.4 is 4.57 Å². The zero-order valence-electron chi connectivity index (χ0n) is 14.3. The van der Waals surface area contributed by atoms with Crippen molar-refractivity contribution in [2.75, 3.05) is 0 Å². The standard InChI is InChI=1S/C21H19FNO/c1-12-5-8-17(23(4)11-12)20-14(3)9-13(2)19-16-7-6-15(22)10-18(16)24-21(19)20/h5-11H,1-4H3/q+1. The Bertz CT molecular complexity index is 1110. The van der Waals surface area contributed by atoms with Crippen LogP contribution in [0.1, 0.15) is 16.7 Å². The summed E-state index contributed by atoms with van der Waals surface area (Å²) in [7, 11) is 2.04. The quantitative estimate of drug-likeness (QED) is 0.444. The summed E-state index contributed by atoms with van der Waals surface area (Å²) in [6.07, 6.45) is 2.10. The Morgan fingerprint density at radius 1 is 0.958 bits per heavy atom. The van der Waals surface area contributed by atoms with Crippen LogP contribution in [-0.2, 0) is 7.05 Å². The summed E-state index contributed by atoms with van der Waals surface area (Å²) < 4.78 is 21.8. The first-order chi connectivity index (χ1) is 11.5. The molecule has 2 aromatic carbocycles. The van der Waals surface area contributed by atoms with E-state index >= 15 is 0 Å². The topological polar surface area (TPSA) is 17.0 Å². The molecule has 0 fully saturated rings. The number of pyridine rings is 1. The van der Waals surface area contributed by atoms with Crippen molar-refractivity contribution in [2.45, 2.75) is 20.8 Å². The molecule has 0 unspecified atom stereocenters. The minimum absolute atomic E-state index is 0.279. The Labute approximate surface area is 140 Å². The summed E-state index contributed by atoms with van der Waals surface area (Å²) >= 11 is 0. The van der Waals surface area contributed by atoms with E-state index in [0.717, 1.165) is 38.7 Å². The van der Waals surface area contributed by atoms with Gasteiger partial charge in [0.2, 0.25) is 5.69 Å². The molecule has 4 aromatic rings. The second-order valence-corrected chi connectivity index (χ2v) is 6.53. The molecule has 0 aliphatic rings. The lowest BCUT2D eigenvalue weighted by atomic mass is 9.96. The van der Waals surface area contributed by atoms with Gasteiger partial charge < -0.3 is 4.42 Å². The van der Waals surface area contributed by atoms with Crippen LogP contribution in [0, 0.1) is 26.6 Å². The highest BCUT2D eigenvalue weighted by atomic mass is 19.1. The van der Waals surface area contributed by atoms with E-state index in [9.17, 15) is 4.39 Å². The predicted octanol–water partition coefficient (Wildman–Crippen LogP) is 5.14. The average Bonchev–Trinajstić information content (AvgIpc) is 2.87. The summed E-state index contributed by atoms with van der Waals surface area (Å²) in [6.45, 7) is 6.24. The highest BCUT2D eigenvalue weighted by Crippen LogP contribution is 2.39. The molecule has 0 saturated heterocycles. The molecule has 0 aliphatic carbocycles. The van der Waals surface area contributed by atoms with Crippen molar-refractivity contribution in [3.63, 3.8) is 0 Å². The molecule has 24 heavy (non-hydrogen) atoms. The molecule has 0 atom stereocenters. The Morgan fingerprint density at radius 2 is 1.75 bits per heavy atom. The van der Waals surface area contributed by atoms with Crippen LogP contribution >= 0.6 is 0 Å². The number of hydrogen-bond donors (Lipinski definition) is 0. The van der Waals surface area contributed by atoms with E-state index in [1.165, 1.54) is 17.7 Å². The van der Waals surface area contributed by atoms with Gasteiger partial charge in [0.25, 0.3) is 0 Å². The molecule has 0 N–H and O–H groups in total. The highest BCUT2D eigenvalue weighted by Gasteiger charge is 2.22. The van der Waals surface area contributed by atoms with Crippen molar-refractivity contribution in [1.82, 2.24) is 0 Å². The van der Waals surface area contributed by atoms with Crippen molar-refractivity contribution in [3.05, 3.63) is 65.1 Å². The number of halogens is 1. The number of aryl methyl sites for hydroxylation is 4. The molecule has 0 amide bonds. The van der Waals surface area contributed by atoms with Crippen LogP contribution in [0.2, 0.25) is 0 Å². The molecular weight excluding hydrogens is 301 g/mol. The van der Waals surface area contributed by atoms with Gasteiger partial charge in [0.15, 0.2) is 6.20 Å². The van der Waals surface area contributed by atoms with Crippen molar-refractivity contribution >= 4 is 21.9 Å². The van der Waals surface area contributed by atoms with Gasteiger partial charge in [-0.3, -0.25) is 0 Å². The van der Waals surface area contributed by atoms with E-state index in [1.807, 2.05) is 7.05 Å². The van der Waals surface area contributed by atoms with Gasteiger partial charge in [0.1, 0.15) is 24.0 Å². The highest BCUT2D eigenvalue weighted by molar-refractivity contribution is 6.11. The molecule has 0 saturated carbocycles. The summed E-state index contributed by atoms with van der Waals surface area (Å²) in [5.41, 5.74) is 7.07. The van der Waals surface area contributed by atoms with Gasteiger partial charge in [0.05, 0.1) is 5.56 Å². The van der Waals surface area contributed by atoms with E-state index in [2.05, 4.69) is 49.7 Å². The summed E-state index contributed by atoms with van der Waals surface area (Å²) in [5, 5.41) is 2.02. The molecule has 0 spiro atoms. The third-order valence-electron chi connectivity index (χ3n) is 4.64. The normalized spacial score (nSPS) is 11.5. The molecule has 120 valence electrons. The van der Waals surface area contributed by atoms with Crippen LogP contribution in [0.3, 0.4) is 0 Å². The van der Waals surface area contributed by atoms with Crippen LogP contribution in [0.15, 0.2) is 47.0 Å². The largest absolute Gasteiger partial charge is 0.455 e. The number of hydrogen-bond acceptors (Lipinski definition) is 1. The number of rotatable bonds is 1. The fraction of sp³-hybridized carbons (Fsp3) is 0.190. The fourth-order valence-corrected chi connectivity index (χ4v) is 3.61. The summed E-state index contributed by atoms with van der Waals surface area (Å²) in [6, 6.07) is 11.1. The number of nitrogens with zero attached hydrogens (tertiary/aromatic N) is 1. The zero-order chi connectivity index (χ0) is 17.0. The predicted molar refractivity (Wildman–Crippen MR) is 94.5 cm³/mol. The maximum atomic E-state index is 13.6. The van der Waals surface area contributed by atoms with Gasteiger partial charge >= 0.3 is 0 Å². The lowest BCUT2D eigenvalue weighted by Gasteiger charge is -2.08. The number of benzene rings is 2. The van der Waals surface area contributed by atoms with E-state index in [4.69, 9.17) is 4.42 Å². The van der Waals surface area contributed by atoms with Gasteiger partial charge in [-0.15, -0.1) is 0 Å². The fourth-order valence-electron chi connectivity index (χ4n) is 3.61. The Kier molecular flexibility index (Phi) is 3.20. The van der Waals surface area contributed by atoms with Crippen molar-refractivity contribution < 1.29 is 13.4 Å². The molecule has 0 aliphatic heterocycles. The first-order valence-electron chi connectivity index (χ1n) is 8.04. The third-order valence-corrected chi connectivity index (χ3v) is 4.64. The molecule has 3 heteroatoms.